The van der Waals surface area contributed by atoms with Crippen molar-refractivity contribution in [3.8, 4) is 0 Å². The van der Waals surface area contributed by atoms with E-state index in [4.69, 9.17) is 4.74 Å². The average Bonchev–Trinajstić information content (AvgIpc) is 3.56. The number of nitrogens with zero attached hydrogens (tertiary/aromatic N) is 1. The van der Waals surface area contributed by atoms with Crippen LogP contribution in [0, 0.1) is 75.9 Å². The molecule has 8 aliphatic rings. The highest BCUT2D eigenvalue weighted by Gasteiger charge is 2.63. The Morgan fingerprint density at radius 3 is 2.11 bits per heavy atom. The molecule has 1 amide bonds. The lowest BCUT2D eigenvalue weighted by molar-refractivity contribution is -0.185. The lowest BCUT2D eigenvalue weighted by atomic mass is 9.42. The van der Waals surface area contributed by atoms with E-state index in [1.165, 1.54) is 83.7 Å². The molecule has 6 heteroatoms. The molecule has 0 aromatic heterocycles. The van der Waals surface area contributed by atoms with E-state index in [0.717, 1.165) is 61.5 Å². The molecule has 13 unspecified atom stereocenters. The first kappa shape index (κ1) is 40.6. The highest BCUT2D eigenvalue weighted by molar-refractivity contribution is 5.87. The van der Waals surface area contributed by atoms with Gasteiger partial charge in [-0.2, -0.15) is 0 Å². The SMILES string of the molecule is CC1C(C(=O)Cc2ccccc2)CC1C(=O)OC1CCC2(C)C(CCC3C4CCC5(C(=O)NC(C)(C)CN6CCCC6)CCCC5C4CCC32)C1C.CC1CC1. The van der Waals surface area contributed by atoms with Gasteiger partial charge in [0.15, 0.2) is 0 Å². The van der Waals surface area contributed by atoms with Crippen molar-refractivity contribution in [3.05, 3.63) is 35.9 Å². The van der Waals surface area contributed by atoms with E-state index >= 15 is 0 Å². The summed E-state index contributed by atoms with van der Waals surface area (Å²) in [6, 6.07) is 9.97. The molecule has 0 bridgehead atoms. The molecule has 1 heterocycles. The topological polar surface area (TPSA) is 75.7 Å². The first-order valence-electron chi connectivity index (χ1n) is 23.6. The normalized spacial score (nSPS) is 41.7. The summed E-state index contributed by atoms with van der Waals surface area (Å²) in [5.41, 5.74) is 1.02. The molecule has 1 aromatic carbocycles. The molecule has 9 rings (SSSR count). The van der Waals surface area contributed by atoms with Crippen LogP contribution >= 0.6 is 0 Å². The van der Waals surface area contributed by atoms with E-state index in [1.807, 2.05) is 30.3 Å². The zero-order chi connectivity index (χ0) is 39.4. The van der Waals surface area contributed by atoms with Gasteiger partial charge in [0, 0.05) is 24.4 Å². The van der Waals surface area contributed by atoms with Crippen LogP contribution in [-0.2, 0) is 25.5 Å². The van der Waals surface area contributed by atoms with Gasteiger partial charge in [0.1, 0.15) is 11.9 Å². The number of nitrogens with one attached hydrogen (secondary N) is 1. The van der Waals surface area contributed by atoms with Gasteiger partial charge in [-0.25, -0.2) is 0 Å². The van der Waals surface area contributed by atoms with Crippen molar-refractivity contribution in [1.29, 1.82) is 0 Å². The number of carbonyl (C=O) groups is 3. The average molecular weight is 769 g/mol. The quantitative estimate of drug-likeness (QED) is 0.253. The molecule has 7 aliphatic carbocycles. The molecule has 56 heavy (non-hydrogen) atoms. The van der Waals surface area contributed by atoms with Gasteiger partial charge in [0.2, 0.25) is 5.91 Å². The molecule has 6 nitrogen and oxygen atoms in total. The van der Waals surface area contributed by atoms with Gasteiger partial charge in [-0.15, -0.1) is 0 Å². The van der Waals surface area contributed by atoms with Crippen LogP contribution < -0.4 is 5.32 Å². The van der Waals surface area contributed by atoms with E-state index in [0.29, 0.717) is 47.8 Å². The maximum atomic E-state index is 14.3. The van der Waals surface area contributed by atoms with Gasteiger partial charge in [-0.1, -0.05) is 77.3 Å². The molecule has 1 saturated heterocycles. The van der Waals surface area contributed by atoms with Crippen molar-refractivity contribution in [2.75, 3.05) is 19.6 Å². The van der Waals surface area contributed by atoms with Crippen LogP contribution in [0.3, 0.4) is 0 Å². The number of carbonyl (C=O) groups excluding carboxylic acids is 3. The molecule has 1 aliphatic heterocycles. The van der Waals surface area contributed by atoms with E-state index in [2.05, 4.69) is 51.8 Å². The summed E-state index contributed by atoms with van der Waals surface area (Å²) in [5.74, 6) is 6.03. The number of hydrogen-bond acceptors (Lipinski definition) is 5. The number of esters is 1. The molecule has 0 radical (unpaired) electrons. The smallest absolute Gasteiger partial charge is 0.309 e. The first-order chi connectivity index (χ1) is 26.8. The Labute approximate surface area is 339 Å². The largest absolute Gasteiger partial charge is 0.462 e. The summed E-state index contributed by atoms with van der Waals surface area (Å²) in [7, 11) is 0. The lowest BCUT2D eigenvalue weighted by Crippen LogP contribution is -2.60. The van der Waals surface area contributed by atoms with Crippen molar-refractivity contribution in [2.45, 2.75) is 162 Å². The number of Topliss-reactive ketones (excluding diaryl/α,β-unsaturated/α-hetero) is 1. The van der Waals surface area contributed by atoms with Crippen molar-refractivity contribution >= 4 is 17.7 Å². The molecule has 8 fully saturated rings. The Bertz CT molecular complexity index is 1570. The summed E-state index contributed by atoms with van der Waals surface area (Å²) < 4.78 is 6.40. The first-order valence-corrected chi connectivity index (χ1v) is 23.6. The number of benzene rings is 1. The minimum Gasteiger partial charge on any atom is -0.462 e. The van der Waals surface area contributed by atoms with E-state index in [1.54, 1.807) is 0 Å². The van der Waals surface area contributed by atoms with Gasteiger partial charge >= 0.3 is 5.97 Å². The van der Waals surface area contributed by atoms with Gasteiger partial charge < -0.3 is 15.0 Å². The van der Waals surface area contributed by atoms with Crippen LogP contribution in [0.25, 0.3) is 0 Å². The number of rotatable bonds is 9. The Morgan fingerprint density at radius 2 is 1.43 bits per heavy atom. The maximum Gasteiger partial charge on any atom is 0.309 e. The fraction of sp³-hybridized carbons (Fsp3) is 0.820. The Morgan fingerprint density at radius 1 is 0.750 bits per heavy atom. The predicted octanol–water partition coefficient (Wildman–Crippen LogP) is 10.1. The fourth-order valence-electron chi connectivity index (χ4n) is 14.6. The van der Waals surface area contributed by atoms with Gasteiger partial charge in [0.05, 0.1) is 11.3 Å². The number of hydrogen-bond donors (Lipinski definition) is 1. The number of fused-ring (bicyclic) bond motifs is 7. The predicted molar refractivity (Wildman–Crippen MR) is 224 cm³/mol. The molecule has 1 aromatic rings. The number of likely N-dealkylation sites (tertiary alicyclic amines) is 1. The Balaban J connectivity index is 0.00000104. The minimum absolute atomic E-state index is 0.00764. The zero-order valence-corrected chi connectivity index (χ0v) is 36.0. The fourth-order valence-corrected chi connectivity index (χ4v) is 14.6. The van der Waals surface area contributed by atoms with E-state index < -0.39 is 0 Å². The van der Waals surface area contributed by atoms with Crippen molar-refractivity contribution < 1.29 is 19.1 Å². The molecule has 13 atom stereocenters. The number of ketones is 1. The second-order valence-corrected chi connectivity index (χ2v) is 21.9. The minimum atomic E-state index is -0.186. The van der Waals surface area contributed by atoms with E-state index in [-0.39, 0.29) is 46.6 Å². The van der Waals surface area contributed by atoms with Crippen LogP contribution in [0.15, 0.2) is 30.3 Å². The lowest BCUT2D eigenvalue weighted by Gasteiger charge is -2.63. The molecule has 310 valence electrons. The van der Waals surface area contributed by atoms with Crippen LogP contribution in [0.5, 0.6) is 0 Å². The second-order valence-electron chi connectivity index (χ2n) is 21.9. The van der Waals surface area contributed by atoms with E-state index in [9.17, 15) is 14.4 Å². The molecular formula is C50H76N2O4. The molecular weight excluding hydrogens is 693 g/mol. The molecule has 1 N–H and O–H groups in total. The summed E-state index contributed by atoms with van der Waals surface area (Å²) >= 11 is 0. The zero-order valence-electron chi connectivity index (χ0n) is 36.0. The third-order valence-corrected chi connectivity index (χ3v) is 18.0. The Kier molecular flexibility index (Phi) is 11.7. The monoisotopic (exact) mass is 769 g/mol. The van der Waals surface area contributed by atoms with Crippen LogP contribution in [-0.4, -0.2) is 53.8 Å². The highest BCUT2D eigenvalue weighted by Crippen LogP contribution is 2.68. The van der Waals surface area contributed by atoms with Crippen molar-refractivity contribution in [2.24, 2.45) is 75.9 Å². The second kappa shape index (κ2) is 16.1. The Hall–Kier alpha value is -2.21. The van der Waals surface area contributed by atoms with Crippen LogP contribution in [0.4, 0.5) is 0 Å². The summed E-state index contributed by atoms with van der Waals surface area (Å²) in [6.45, 7) is 17.1. The standard InChI is InChI=1S/C46H68N2O4.C4H8/c1-29-35(40(49)26-31-12-7-6-8-13-31)27-36(29)42(50)52-41-20-22-45(5)37(30(41)2)17-15-33-32-19-23-46(21-11-14-39(46)34(32)16-18-38(33)45)43(51)47-44(3,4)28-48-24-9-10-25-48;1-4-2-3-4/h6-8,12-13,29-30,32-39,41H,9-11,14-28H2,1-5H3,(H,47,51);4H,2-3H2,1H3. The maximum absolute atomic E-state index is 14.3. The summed E-state index contributed by atoms with van der Waals surface area (Å²) in [4.78, 5) is 43.5. The van der Waals surface area contributed by atoms with Gasteiger partial charge in [-0.05, 0) is 175 Å². The van der Waals surface area contributed by atoms with Gasteiger partial charge in [0.25, 0.3) is 0 Å². The van der Waals surface area contributed by atoms with Crippen molar-refractivity contribution in [3.63, 3.8) is 0 Å². The summed E-state index contributed by atoms with van der Waals surface area (Å²) in [5, 5.41) is 3.63. The molecule has 7 saturated carbocycles. The number of amides is 1. The molecule has 0 spiro atoms. The van der Waals surface area contributed by atoms with Crippen molar-refractivity contribution in [1.82, 2.24) is 10.2 Å². The third kappa shape index (κ3) is 7.81. The van der Waals surface area contributed by atoms with Crippen LogP contribution in [0.2, 0.25) is 0 Å². The van der Waals surface area contributed by atoms with Crippen LogP contribution in [0.1, 0.15) is 150 Å². The highest BCUT2D eigenvalue weighted by atomic mass is 16.5. The third-order valence-electron chi connectivity index (χ3n) is 18.0. The number of ether oxygens (including phenoxy) is 1. The summed E-state index contributed by atoms with van der Waals surface area (Å²) in [6.07, 6.45) is 19.7. The van der Waals surface area contributed by atoms with Gasteiger partial charge in [-0.3, -0.25) is 14.4 Å².